The summed E-state index contributed by atoms with van der Waals surface area (Å²) in [5.74, 6) is 0.423. The minimum absolute atomic E-state index is 0.152. The Kier molecular flexibility index (Phi) is 6.82. The van der Waals surface area contributed by atoms with Crippen molar-refractivity contribution in [2.24, 2.45) is 0 Å². The maximum Gasteiger partial charge on any atom is 0.242 e. The molecule has 1 fully saturated rings. The molecule has 2 amide bonds. The molecule has 0 aliphatic carbocycles. The van der Waals surface area contributed by atoms with E-state index < -0.39 is 0 Å². The number of amides is 2. The van der Waals surface area contributed by atoms with E-state index in [2.05, 4.69) is 30.0 Å². The molecule has 152 valence electrons. The van der Waals surface area contributed by atoms with Crippen LogP contribution in [-0.4, -0.2) is 23.5 Å². The Bertz CT molecular complexity index is 879. The second-order valence-electron chi connectivity index (χ2n) is 7.40. The average Bonchev–Trinajstić information content (AvgIpc) is 3.13. The number of nitrogens with zero attached hydrogens (tertiary/aromatic N) is 1. The van der Waals surface area contributed by atoms with Gasteiger partial charge in [-0.3, -0.25) is 20.4 Å². The molecule has 0 radical (unpaired) electrons. The van der Waals surface area contributed by atoms with Gasteiger partial charge in [-0.15, -0.1) is 0 Å². The van der Waals surface area contributed by atoms with Gasteiger partial charge in [0.25, 0.3) is 0 Å². The molecular formula is C22H26N4O2S. The van der Waals surface area contributed by atoms with E-state index in [9.17, 15) is 9.59 Å². The van der Waals surface area contributed by atoms with Crippen LogP contribution in [0.2, 0.25) is 0 Å². The predicted octanol–water partition coefficient (Wildman–Crippen LogP) is 3.50. The van der Waals surface area contributed by atoms with E-state index in [1.54, 1.807) is 4.90 Å². The van der Waals surface area contributed by atoms with Crippen LogP contribution < -0.4 is 21.1 Å². The Hall–Kier alpha value is -2.93. The molecule has 0 saturated carbocycles. The number of hydrazine groups is 1. The van der Waals surface area contributed by atoms with Crippen LogP contribution in [0.15, 0.2) is 48.5 Å². The maximum atomic E-state index is 12.2. The van der Waals surface area contributed by atoms with E-state index in [4.69, 9.17) is 12.2 Å². The molecule has 2 aromatic carbocycles. The second kappa shape index (κ2) is 9.52. The van der Waals surface area contributed by atoms with Crippen LogP contribution in [0.4, 0.5) is 11.4 Å². The first-order valence-corrected chi connectivity index (χ1v) is 10.2. The molecule has 2 aromatic rings. The first kappa shape index (κ1) is 20.8. The molecule has 0 unspecified atom stereocenters. The topological polar surface area (TPSA) is 73.5 Å². The summed E-state index contributed by atoms with van der Waals surface area (Å²) in [4.78, 5) is 25.7. The third-order valence-electron chi connectivity index (χ3n) is 4.84. The van der Waals surface area contributed by atoms with E-state index in [-0.39, 0.29) is 18.2 Å². The van der Waals surface area contributed by atoms with Crippen LogP contribution in [0.5, 0.6) is 0 Å². The maximum absolute atomic E-state index is 12.2. The molecule has 0 spiro atoms. The summed E-state index contributed by atoms with van der Waals surface area (Å²) in [5, 5.41) is 3.36. The van der Waals surface area contributed by atoms with Gasteiger partial charge in [0.1, 0.15) is 0 Å². The largest absolute Gasteiger partial charge is 0.331 e. The minimum Gasteiger partial charge on any atom is -0.331 e. The number of hydrogen-bond donors (Lipinski definition) is 3. The summed E-state index contributed by atoms with van der Waals surface area (Å²) in [6.07, 6.45) is 1.71. The van der Waals surface area contributed by atoms with Crippen molar-refractivity contribution < 1.29 is 9.59 Å². The summed E-state index contributed by atoms with van der Waals surface area (Å²) in [6, 6.07) is 15.5. The monoisotopic (exact) mass is 410 g/mol. The lowest BCUT2D eigenvalue weighted by Gasteiger charge is -2.16. The number of nitrogens with one attached hydrogen (secondary N) is 3. The normalized spacial score (nSPS) is 13.5. The SMILES string of the molecule is CC(C)c1ccc(NC(=S)NNC(=O)Cc2ccc(N3CCCC3=O)cc2)cc1. The van der Waals surface area contributed by atoms with E-state index >= 15 is 0 Å². The molecule has 7 heteroatoms. The van der Waals surface area contributed by atoms with Gasteiger partial charge in [-0.05, 0) is 59.9 Å². The predicted molar refractivity (Wildman–Crippen MR) is 120 cm³/mol. The van der Waals surface area contributed by atoms with E-state index in [1.807, 2.05) is 48.5 Å². The van der Waals surface area contributed by atoms with Crippen molar-refractivity contribution >= 4 is 40.5 Å². The van der Waals surface area contributed by atoms with Crippen LogP contribution in [0.3, 0.4) is 0 Å². The fourth-order valence-electron chi connectivity index (χ4n) is 3.18. The van der Waals surface area contributed by atoms with Crippen molar-refractivity contribution in [3.63, 3.8) is 0 Å². The second-order valence-corrected chi connectivity index (χ2v) is 7.80. The van der Waals surface area contributed by atoms with Gasteiger partial charge in [-0.2, -0.15) is 0 Å². The molecule has 1 saturated heterocycles. The Morgan fingerprint density at radius 2 is 1.76 bits per heavy atom. The van der Waals surface area contributed by atoms with Crippen molar-refractivity contribution in [1.82, 2.24) is 10.9 Å². The van der Waals surface area contributed by atoms with Gasteiger partial charge in [0.2, 0.25) is 11.8 Å². The van der Waals surface area contributed by atoms with Crippen molar-refractivity contribution in [2.75, 3.05) is 16.8 Å². The number of carbonyl (C=O) groups is 2. The third-order valence-corrected chi connectivity index (χ3v) is 5.04. The number of rotatable bonds is 5. The Labute approximate surface area is 176 Å². The highest BCUT2D eigenvalue weighted by molar-refractivity contribution is 7.80. The van der Waals surface area contributed by atoms with E-state index in [1.165, 1.54) is 5.56 Å². The average molecular weight is 411 g/mol. The highest BCUT2D eigenvalue weighted by Gasteiger charge is 2.21. The van der Waals surface area contributed by atoms with Crippen LogP contribution in [0.25, 0.3) is 0 Å². The van der Waals surface area contributed by atoms with Gasteiger partial charge >= 0.3 is 0 Å². The van der Waals surface area contributed by atoms with Gasteiger partial charge in [0.05, 0.1) is 6.42 Å². The summed E-state index contributed by atoms with van der Waals surface area (Å²) < 4.78 is 0. The van der Waals surface area contributed by atoms with Gasteiger partial charge in [0, 0.05) is 24.3 Å². The lowest BCUT2D eigenvalue weighted by molar-refractivity contribution is -0.121. The van der Waals surface area contributed by atoms with Crippen molar-refractivity contribution in [3.05, 3.63) is 59.7 Å². The molecular weight excluding hydrogens is 384 g/mol. The molecule has 6 nitrogen and oxygen atoms in total. The fourth-order valence-corrected chi connectivity index (χ4v) is 3.35. The molecule has 0 aromatic heterocycles. The van der Waals surface area contributed by atoms with E-state index in [0.29, 0.717) is 17.5 Å². The standard InChI is InChI=1S/C22H26N4O2S/c1-15(2)17-7-9-18(10-8-17)23-22(29)25-24-20(27)14-16-5-11-19(12-6-16)26-13-3-4-21(26)28/h5-12,15H,3-4,13-14H2,1-2H3,(H,24,27)(H2,23,25,29). The summed E-state index contributed by atoms with van der Waals surface area (Å²) in [6.45, 7) is 5.04. The van der Waals surface area contributed by atoms with Crippen molar-refractivity contribution in [2.45, 2.75) is 39.0 Å². The smallest absolute Gasteiger partial charge is 0.242 e. The fraction of sp³-hybridized carbons (Fsp3) is 0.318. The van der Waals surface area contributed by atoms with E-state index in [0.717, 1.165) is 29.9 Å². The zero-order chi connectivity index (χ0) is 20.8. The highest BCUT2D eigenvalue weighted by Crippen LogP contribution is 2.21. The van der Waals surface area contributed by atoms with Gasteiger partial charge in [0.15, 0.2) is 5.11 Å². The van der Waals surface area contributed by atoms with Crippen LogP contribution in [-0.2, 0) is 16.0 Å². The van der Waals surface area contributed by atoms with Gasteiger partial charge in [-0.1, -0.05) is 38.1 Å². The molecule has 3 rings (SSSR count). The summed E-state index contributed by atoms with van der Waals surface area (Å²) >= 11 is 5.22. The molecule has 1 aliphatic rings. The van der Waals surface area contributed by atoms with Crippen molar-refractivity contribution in [1.29, 1.82) is 0 Å². The third kappa shape index (κ3) is 5.77. The number of anilines is 2. The zero-order valence-electron chi connectivity index (χ0n) is 16.7. The quantitative estimate of drug-likeness (QED) is 0.520. The number of thiocarbonyl (C=S) groups is 1. The highest BCUT2D eigenvalue weighted by atomic mass is 32.1. The molecule has 0 atom stereocenters. The first-order chi connectivity index (χ1) is 13.9. The molecule has 29 heavy (non-hydrogen) atoms. The zero-order valence-corrected chi connectivity index (χ0v) is 17.5. The Balaban J connectivity index is 1.44. The van der Waals surface area contributed by atoms with Crippen LogP contribution in [0.1, 0.15) is 43.7 Å². The van der Waals surface area contributed by atoms with Gasteiger partial charge in [-0.25, -0.2) is 0 Å². The lowest BCUT2D eigenvalue weighted by Crippen LogP contribution is -2.44. The molecule has 3 N–H and O–H groups in total. The lowest BCUT2D eigenvalue weighted by atomic mass is 10.0. The molecule has 0 bridgehead atoms. The Morgan fingerprint density at radius 1 is 1.07 bits per heavy atom. The summed E-state index contributed by atoms with van der Waals surface area (Å²) in [7, 11) is 0. The van der Waals surface area contributed by atoms with Gasteiger partial charge < -0.3 is 10.2 Å². The number of benzene rings is 2. The molecule has 1 heterocycles. The molecule has 1 aliphatic heterocycles. The van der Waals surface area contributed by atoms with Crippen LogP contribution in [0, 0.1) is 0 Å². The number of hydrogen-bond acceptors (Lipinski definition) is 3. The minimum atomic E-state index is -0.200. The van der Waals surface area contributed by atoms with Crippen LogP contribution >= 0.6 is 12.2 Å². The number of carbonyl (C=O) groups excluding carboxylic acids is 2. The first-order valence-electron chi connectivity index (χ1n) is 9.77. The summed E-state index contributed by atoms with van der Waals surface area (Å²) in [5.41, 5.74) is 9.17. The Morgan fingerprint density at radius 3 is 2.34 bits per heavy atom. The van der Waals surface area contributed by atoms with Crippen molar-refractivity contribution in [3.8, 4) is 0 Å².